The average Bonchev–Trinajstić information content (AvgIpc) is 3.26. The summed E-state index contributed by atoms with van der Waals surface area (Å²) in [4.78, 5) is 11.6. The Morgan fingerprint density at radius 1 is 1.00 bits per heavy atom. The van der Waals surface area contributed by atoms with Gasteiger partial charge in [-0.3, -0.25) is 0 Å². The van der Waals surface area contributed by atoms with Crippen LogP contribution in [0, 0.1) is 0 Å². The molecule has 168 valence electrons. The number of nitrogens with zero attached hydrogens (tertiary/aromatic N) is 3. The Kier molecular flexibility index (Phi) is 6.18. The van der Waals surface area contributed by atoms with Gasteiger partial charge >= 0.3 is 5.97 Å². The first-order valence-electron chi connectivity index (χ1n) is 10.1. The third-order valence-electron chi connectivity index (χ3n) is 5.21. The van der Waals surface area contributed by atoms with E-state index in [1.165, 1.54) is 16.8 Å². The first-order valence-corrected chi connectivity index (χ1v) is 12.4. The maximum Gasteiger partial charge on any atom is 0.335 e. The summed E-state index contributed by atoms with van der Waals surface area (Å²) >= 11 is 3.39. The van der Waals surface area contributed by atoms with E-state index in [1.807, 2.05) is 13.8 Å². The SMILES string of the molecule is CC(C)c1ccc(S(=O)(=O)c2nnn(-c3cccc(C(=O)O)c3)c2-c2ccc(Br)cc2)cc1. The van der Waals surface area contributed by atoms with Gasteiger partial charge in [-0.15, -0.1) is 5.10 Å². The summed E-state index contributed by atoms with van der Waals surface area (Å²) in [5.74, 6) is -0.831. The standard InChI is InChI=1S/C24H20BrN3O4S/c1-15(2)16-8-12-21(13-9-16)33(31,32)23-22(17-6-10-19(25)11-7-17)28(27-26-23)20-5-3-4-18(14-20)24(29)30/h3-15H,1-2H3,(H,29,30). The van der Waals surface area contributed by atoms with Gasteiger partial charge in [-0.2, -0.15) is 0 Å². The molecule has 1 heterocycles. The first kappa shape index (κ1) is 22.9. The van der Waals surface area contributed by atoms with E-state index in [0.717, 1.165) is 10.0 Å². The van der Waals surface area contributed by atoms with Crippen LogP contribution in [0.5, 0.6) is 0 Å². The fourth-order valence-corrected chi connectivity index (χ4v) is 4.98. The van der Waals surface area contributed by atoms with Crippen molar-refractivity contribution in [3.05, 3.63) is 88.4 Å². The van der Waals surface area contributed by atoms with Gasteiger partial charge in [-0.05, 0) is 53.9 Å². The van der Waals surface area contributed by atoms with E-state index in [-0.39, 0.29) is 27.1 Å². The molecule has 4 rings (SSSR count). The van der Waals surface area contributed by atoms with Gasteiger partial charge in [0.1, 0.15) is 5.69 Å². The first-order chi connectivity index (χ1) is 15.7. The van der Waals surface area contributed by atoms with Crippen LogP contribution >= 0.6 is 15.9 Å². The van der Waals surface area contributed by atoms with Crippen molar-refractivity contribution < 1.29 is 18.3 Å². The number of rotatable bonds is 6. The Balaban J connectivity index is 1.93. The summed E-state index contributed by atoms with van der Waals surface area (Å²) in [7, 11) is -4.01. The Bertz CT molecular complexity index is 1430. The number of aromatic nitrogens is 3. The number of carboxylic acids is 1. The minimum absolute atomic E-state index is 0.0541. The van der Waals surface area contributed by atoms with Gasteiger partial charge in [0.2, 0.25) is 14.9 Å². The largest absolute Gasteiger partial charge is 0.478 e. The number of carbonyl (C=O) groups is 1. The molecule has 0 spiro atoms. The Morgan fingerprint density at radius 3 is 2.27 bits per heavy atom. The van der Waals surface area contributed by atoms with Crippen molar-refractivity contribution in [2.24, 2.45) is 0 Å². The maximum absolute atomic E-state index is 13.6. The number of hydrogen-bond acceptors (Lipinski definition) is 5. The second-order valence-corrected chi connectivity index (χ2v) is 10.5. The number of halogens is 1. The number of sulfone groups is 1. The lowest BCUT2D eigenvalue weighted by molar-refractivity contribution is 0.0697. The molecular weight excluding hydrogens is 506 g/mol. The molecule has 1 aromatic heterocycles. The predicted octanol–water partition coefficient (Wildman–Crippen LogP) is 5.35. The zero-order valence-corrected chi connectivity index (χ0v) is 20.2. The van der Waals surface area contributed by atoms with Crippen LogP contribution in [0.4, 0.5) is 0 Å². The van der Waals surface area contributed by atoms with E-state index in [0.29, 0.717) is 11.3 Å². The maximum atomic E-state index is 13.6. The highest BCUT2D eigenvalue weighted by Crippen LogP contribution is 2.33. The topological polar surface area (TPSA) is 102 Å². The lowest BCUT2D eigenvalue weighted by Crippen LogP contribution is -2.07. The van der Waals surface area contributed by atoms with Crippen LogP contribution in [0.15, 0.2) is 87.2 Å². The van der Waals surface area contributed by atoms with E-state index in [2.05, 4.69) is 26.2 Å². The van der Waals surface area contributed by atoms with Gasteiger partial charge in [0, 0.05) is 10.0 Å². The summed E-state index contributed by atoms with van der Waals surface area (Å²) < 4.78 is 29.3. The van der Waals surface area contributed by atoms with Gasteiger partial charge in [-0.25, -0.2) is 17.9 Å². The summed E-state index contributed by atoms with van der Waals surface area (Å²) in [5, 5.41) is 17.3. The number of benzene rings is 3. The highest BCUT2D eigenvalue weighted by molar-refractivity contribution is 9.10. The van der Waals surface area contributed by atoms with Crippen molar-refractivity contribution in [1.29, 1.82) is 0 Å². The molecule has 4 aromatic rings. The van der Waals surface area contributed by atoms with Gasteiger partial charge < -0.3 is 5.11 Å². The molecule has 0 saturated carbocycles. The third-order valence-corrected chi connectivity index (χ3v) is 7.41. The molecule has 3 aromatic carbocycles. The van der Waals surface area contributed by atoms with Crippen molar-refractivity contribution in [2.75, 3.05) is 0 Å². The minimum Gasteiger partial charge on any atom is -0.478 e. The molecule has 0 aliphatic carbocycles. The summed E-state index contributed by atoms with van der Waals surface area (Å²) in [6, 6.07) is 19.9. The minimum atomic E-state index is -4.01. The summed E-state index contributed by atoms with van der Waals surface area (Å²) in [5.41, 5.74) is 2.28. The van der Waals surface area contributed by atoms with Crippen LogP contribution in [0.2, 0.25) is 0 Å². The molecule has 0 radical (unpaired) electrons. The second-order valence-electron chi connectivity index (χ2n) is 7.74. The number of carboxylic acid groups (broad SMARTS) is 1. The van der Waals surface area contributed by atoms with Crippen molar-refractivity contribution in [1.82, 2.24) is 15.0 Å². The average molecular weight is 526 g/mol. The lowest BCUT2D eigenvalue weighted by Gasteiger charge is -2.11. The summed E-state index contributed by atoms with van der Waals surface area (Å²) in [6.07, 6.45) is 0. The molecule has 1 N–H and O–H groups in total. The normalized spacial score (nSPS) is 11.6. The predicted molar refractivity (Wildman–Crippen MR) is 127 cm³/mol. The Hall–Kier alpha value is -3.30. The smallest absolute Gasteiger partial charge is 0.335 e. The van der Waals surface area contributed by atoms with E-state index in [9.17, 15) is 18.3 Å². The molecule has 0 saturated heterocycles. The quantitative estimate of drug-likeness (QED) is 0.364. The summed E-state index contributed by atoms with van der Waals surface area (Å²) in [6.45, 7) is 4.07. The number of hydrogen-bond donors (Lipinski definition) is 1. The molecule has 0 atom stereocenters. The highest BCUT2D eigenvalue weighted by atomic mass is 79.9. The second kappa shape index (κ2) is 8.92. The molecule has 9 heteroatoms. The van der Waals surface area contributed by atoms with Gasteiger partial charge in [0.25, 0.3) is 0 Å². The van der Waals surface area contributed by atoms with Crippen LogP contribution in [0.1, 0.15) is 35.7 Å². The molecule has 0 aliphatic heterocycles. The van der Waals surface area contributed by atoms with Crippen molar-refractivity contribution >= 4 is 31.7 Å². The van der Waals surface area contributed by atoms with E-state index in [4.69, 9.17) is 0 Å². The van der Waals surface area contributed by atoms with E-state index in [1.54, 1.807) is 60.7 Å². The van der Waals surface area contributed by atoms with Crippen molar-refractivity contribution in [2.45, 2.75) is 29.7 Å². The zero-order chi connectivity index (χ0) is 23.8. The fraction of sp³-hybridized carbons (Fsp3) is 0.125. The lowest BCUT2D eigenvalue weighted by atomic mass is 10.0. The van der Waals surface area contributed by atoms with Crippen LogP contribution in [0.25, 0.3) is 16.9 Å². The molecule has 0 bridgehead atoms. The van der Waals surface area contributed by atoms with E-state index >= 15 is 0 Å². The molecular formula is C24H20BrN3O4S. The molecule has 0 amide bonds. The van der Waals surface area contributed by atoms with Crippen LogP contribution in [-0.2, 0) is 9.84 Å². The van der Waals surface area contributed by atoms with Gasteiger partial charge in [-0.1, -0.05) is 65.3 Å². The third kappa shape index (κ3) is 4.46. The Labute approximate surface area is 199 Å². The highest BCUT2D eigenvalue weighted by Gasteiger charge is 2.29. The van der Waals surface area contributed by atoms with Crippen molar-refractivity contribution in [3.63, 3.8) is 0 Å². The van der Waals surface area contributed by atoms with Crippen LogP contribution in [0.3, 0.4) is 0 Å². The van der Waals surface area contributed by atoms with Gasteiger partial charge in [0.05, 0.1) is 16.1 Å². The molecule has 0 aliphatic rings. The van der Waals surface area contributed by atoms with Crippen LogP contribution in [-0.4, -0.2) is 34.5 Å². The molecule has 0 fully saturated rings. The van der Waals surface area contributed by atoms with E-state index < -0.39 is 15.8 Å². The van der Waals surface area contributed by atoms with Crippen molar-refractivity contribution in [3.8, 4) is 16.9 Å². The fourth-order valence-electron chi connectivity index (χ4n) is 3.40. The zero-order valence-electron chi connectivity index (χ0n) is 17.8. The van der Waals surface area contributed by atoms with Gasteiger partial charge in [0.15, 0.2) is 0 Å². The molecule has 33 heavy (non-hydrogen) atoms. The molecule has 0 unspecified atom stereocenters. The van der Waals surface area contributed by atoms with Crippen LogP contribution < -0.4 is 0 Å². The Morgan fingerprint density at radius 2 is 1.67 bits per heavy atom. The molecule has 7 nitrogen and oxygen atoms in total. The monoisotopic (exact) mass is 525 g/mol. The number of aromatic carboxylic acids is 1.